The Hall–Kier alpha value is -0.730. The van der Waals surface area contributed by atoms with E-state index >= 15 is 0 Å². The van der Waals surface area contributed by atoms with Crippen LogP contribution in [0.5, 0.6) is 5.75 Å². The highest BCUT2D eigenvalue weighted by atomic mass is 35.5. The minimum absolute atomic E-state index is 0.430. The number of ether oxygens (including phenoxy) is 2. The van der Waals surface area contributed by atoms with E-state index in [9.17, 15) is 0 Å². The summed E-state index contributed by atoms with van der Waals surface area (Å²) in [4.78, 5) is 0. The lowest BCUT2D eigenvalue weighted by atomic mass is 9.98. The van der Waals surface area contributed by atoms with E-state index < -0.39 is 0 Å². The number of epoxide rings is 1. The summed E-state index contributed by atoms with van der Waals surface area (Å²) in [6, 6.07) is 2.05. The van der Waals surface area contributed by atoms with Gasteiger partial charge in [-0.05, 0) is 62.8 Å². The molecule has 0 aromatic heterocycles. The Kier molecular flexibility index (Phi) is 4.75. The highest BCUT2D eigenvalue weighted by Crippen LogP contribution is 2.35. The first-order valence-corrected chi connectivity index (χ1v) is 7.53. The molecule has 3 heteroatoms. The molecule has 19 heavy (non-hydrogen) atoms. The van der Waals surface area contributed by atoms with Crippen LogP contribution in [-0.2, 0) is 11.2 Å². The molecule has 0 saturated carbocycles. The SMILES string of the molecule is CCOc1cc(C)c(Cl)c(C)c1CCC1OC1CC. The minimum Gasteiger partial charge on any atom is -0.494 e. The lowest BCUT2D eigenvalue weighted by Gasteiger charge is -2.16. The second-order valence-corrected chi connectivity index (χ2v) is 5.58. The van der Waals surface area contributed by atoms with Crippen LogP contribution in [0.3, 0.4) is 0 Å². The maximum absolute atomic E-state index is 6.36. The Bertz CT molecular complexity index is 457. The summed E-state index contributed by atoms with van der Waals surface area (Å²) in [6.45, 7) is 8.98. The van der Waals surface area contributed by atoms with Crippen LogP contribution in [0.4, 0.5) is 0 Å². The van der Waals surface area contributed by atoms with Gasteiger partial charge in [-0.25, -0.2) is 0 Å². The van der Waals surface area contributed by atoms with E-state index in [1.54, 1.807) is 0 Å². The van der Waals surface area contributed by atoms with Gasteiger partial charge < -0.3 is 9.47 Å². The van der Waals surface area contributed by atoms with Crippen molar-refractivity contribution in [2.45, 2.75) is 59.2 Å². The van der Waals surface area contributed by atoms with E-state index in [1.807, 2.05) is 13.8 Å². The van der Waals surface area contributed by atoms with Gasteiger partial charge in [-0.3, -0.25) is 0 Å². The van der Waals surface area contributed by atoms with Gasteiger partial charge >= 0.3 is 0 Å². The first kappa shape index (κ1) is 14.7. The molecule has 0 amide bonds. The molecule has 1 aromatic carbocycles. The second-order valence-electron chi connectivity index (χ2n) is 5.20. The lowest BCUT2D eigenvalue weighted by molar-refractivity contribution is 0.333. The summed E-state index contributed by atoms with van der Waals surface area (Å²) >= 11 is 6.36. The molecule has 2 rings (SSSR count). The molecule has 0 spiro atoms. The molecule has 1 aromatic rings. The third-order valence-corrected chi connectivity index (χ3v) is 4.42. The van der Waals surface area contributed by atoms with Crippen molar-refractivity contribution in [3.63, 3.8) is 0 Å². The smallest absolute Gasteiger partial charge is 0.123 e. The zero-order valence-corrected chi connectivity index (χ0v) is 13.0. The fraction of sp³-hybridized carbons (Fsp3) is 0.625. The molecule has 1 heterocycles. The van der Waals surface area contributed by atoms with E-state index in [1.165, 1.54) is 5.56 Å². The van der Waals surface area contributed by atoms with Crippen LogP contribution >= 0.6 is 11.6 Å². The van der Waals surface area contributed by atoms with Crippen LogP contribution in [0.1, 0.15) is 43.4 Å². The Morgan fingerprint density at radius 2 is 2.00 bits per heavy atom. The van der Waals surface area contributed by atoms with Crippen molar-refractivity contribution in [1.29, 1.82) is 0 Å². The van der Waals surface area contributed by atoms with E-state index in [0.717, 1.165) is 41.2 Å². The van der Waals surface area contributed by atoms with Crippen molar-refractivity contribution in [3.05, 3.63) is 27.8 Å². The molecule has 0 bridgehead atoms. The fourth-order valence-corrected chi connectivity index (χ4v) is 2.80. The molecule has 0 radical (unpaired) electrons. The van der Waals surface area contributed by atoms with Gasteiger partial charge in [-0.15, -0.1) is 0 Å². The Morgan fingerprint density at radius 3 is 2.58 bits per heavy atom. The van der Waals surface area contributed by atoms with E-state index in [2.05, 4.69) is 19.9 Å². The summed E-state index contributed by atoms with van der Waals surface area (Å²) in [6.07, 6.45) is 4.04. The third-order valence-electron chi connectivity index (χ3n) is 3.84. The molecular weight excluding hydrogens is 260 g/mol. The van der Waals surface area contributed by atoms with Gasteiger partial charge in [0.25, 0.3) is 0 Å². The summed E-state index contributed by atoms with van der Waals surface area (Å²) in [5.74, 6) is 0.982. The lowest BCUT2D eigenvalue weighted by Crippen LogP contribution is -2.03. The normalized spacial score (nSPS) is 21.5. The summed E-state index contributed by atoms with van der Waals surface area (Å²) in [5.41, 5.74) is 3.47. The molecule has 2 atom stereocenters. The number of hydrogen-bond acceptors (Lipinski definition) is 2. The zero-order chi connectivity index (χ0) is 14.0. The molecule has 2 unspecified atom stereocenters. The Labute approximate surface area is 121 Å². The Balaban J connectivity index is 2.14. The third kappa shape index (κ3) is 3.24. The number of rotatable bonds is 6. The van der Waals surface area contributed by atoms with Crippen molar-refractivity contribution in [1.82, 2.24) is 0 Å². The number of halogens is 1. The van der Waals surface area contributed by atoms with Gasteiger partial charge in [0.05, 0.1) is 18.8 Å². The highest BCUT2D eigenvalue weighted by molar-refractivity contribution is 6.32. The van der Waals surface area contributed by atoms with Gasteiger partial charge in [0.2, 0.25) is 0 Å². The van der Waals surface area contributed by atoms with Crippen molar-refractivity contribution < 1.29 is 9.47 Å². The molecule has 1 aliphatic heterocycles. The van der Waals surface area contributed by atoms with E-state index in [0.29, 0.717) is 18.8 Å². The average Bonchev–Trinajstić information content (AvgIpc) is 3.15. The molecule has 0 N–H and O–H groups in total. The van der Waals surface area contributed by atoms with Gasteiger partial charge in [0, 0.05) is 5.02 Å². The summed E-state index contributed by atoms with van der Waals surface area (Å²) < 4.78 is 11.4. The summed E-state index contributed by atoms with van der Waals surface area (Å²) in [5, 5.41) is 0.863. The van der Waals surface area contributed by atoms with Crippen LogP contribution in [0.2, 0.25) is 5.02 Å². The average molecular weight is 283 g/mol. The predicted octanol–water partition coefficient (Wildman–Crippen LogP) is 4.47. The van der Waals surface area contributed by atoms with Crippen molar-refractivity contribution in [3.8, 4) is 5.75 Å². The Morgan fingerprint density at radius 1 is 1.26 bits per heavy atom. The van der Waals surface area contributed by atoms with E-state index in [-0.39, 0.29) is 0 Å². The second kappa shape index (κ2) is 6.15. The highest BCUT2D eigenvalue weighted by Gasteiger charge is 2.36. The molecule has 1 fully saturated rings. The van der Waals surface area contributed by atoms with Crippen LogP contribution in [-0.4, -0.2) is 18.8 Å². The zero-order valence-electron chi connectivity index (χ0n) is 12.3. The number of benzene rings is 1. The van der Waals surface area contributed by atoms with Gasteiger partial charge in [0.1, 0.15) is 5.75 Å². The van der Waals surface area contributed by atoms with Crippen molar-refractivity contribution >= 4 is 11.6 Å². The monoisotopic (exact) mass is 282 g/mol. The summed E-state index contributed by atoms with van der Waals surface area (Å²) in [7, 11) is 0. The minimum atomic E-state index is 0.430. The largest absolute Gasteiger partial charge is 0.494 e. The van der Waals surface area contributed by atoms with Crippen LogP contribution in [0, 0.1) is 13.8 Å². The molecule has 0 aliphatic carbocycles. The fourth-order valence-electron chi connectivity index (χ4n) is 2.63. The van der Waals surface area contributed by atoms with Crippen LogP contribution in [0.25, 0.3) is 0 Å². The van der Waals surface area contributed by atoms with Crippen LogP contribution in [0.15, 0.2) is 6.07 Å². The molecule has 1 aliphatic rings. The standard InChI is InChI=1S/C16H23ClO2/c1-5-13-14(19-13)8-7-12-11(4)16(17)10(3)9-15(12)18-6-2/h9,13-14H,5-8H2,1-4H3. The molecule has 2 nitrogen and oxygen atoms in total. The first-order valence-electron chi connectivity index (χ1n) is 7.15. The van der Waals surface area contributed by atoms with Gasteiger partial charge in [0.15, 0.2) is 0 Å². The molecule has 1 saturated heterocycles. The van der Waals surface area contributed by atoms with E-state index in [4.69, 9.17) is 21.1 Å². The van der Waals surface area contributed by atoms with Crippen molar-refractivity contribution in [2.24, 2.45) is 0 Å². The van der Waals surface area contributed by atoms with Crippen molar-refractivity contribution in [2.75, 3.05) is 6.61 Å². The number of hydrogen-bond donors (Lipinski definition) is 0. The predicted molar refractivity (Wildman–Crippen MR) is 79.4 cm³/mol. The van der Waals surface area contributed by atoms with Gasteiger partial charge in [-0.2, -0.15) is 0 Å². The maximum Gasteiger partial charge on any atom is 0.123 e. The number of aryl methyl sites for hydroxylation is 1. The van der Waals surface area contributed by atoms with Crippen LogP contribution < -0.4 is 4.74 Å². The quantitative estimate of drug-likeness (QED) is 0.718. The first-order chi connectivity index (χ1) is 9.08. The van der Waals surface area contributed by atoms with Gasteiger partial charge in [-0.1, -0.05) is 18.5 Å². The molecular formula is C16H23ClO2. The maximum atomic E-state index is 6.36. The topological polar surface area (TPSA) is 21.8 Å². The molecule has 106 valence electrons.